The van der Waals surface area contributed by atoms with Crippen LogP contribution in [-0.4, -0.2) is 11.9 Å². The third kappa shape index (κ3) is 39.8. The molecule has 0 atom stereocenters. The number of hydrogen-bond donors (Lipinski definition) is 0. The van der Waals surface area contributed by atoms with Crippen LogP contribution in [0.25, 0.3) is 0 Å². The first kappa shape index (κ1) is 45.2. The molecular weight excluding hydrogens is 494 g/mol. The molecule has 0 saturated carbocycles. The minimum absolute atomic E-state index is 0. The van der Waals surface area contributed by atoms with E-state index in [0.717, 1.165) is 38.5 Å². The van der Waals surface area contributed by atoms with Crippen LogP contribution in [0.3, 0.4) is 0 Å². The van der Waals surface area contributed by atoms with Crippen LogP contribution in [0.15, 0.2) is 24.3 Å². The molecule has 0 amide bonds. The Labute approximate surface area is 283 Å². The Kier molecular flexibility index (Phi) is 43.9. The van der Waals surface area contributed by atoms with E-state index in [4.69, 9.17) is 4.74 Å². The summed E-state index contributed by atoms with van der Waals surface area (Å²) < 4.78 is 4.99. The smallest absolute Gasteiger partial charge is 1.00 e. The first-order valence-corrected chi connectivity index (χ1v) is 17.2. The van der Waals surface area contributed by atoms with Gasteiger partial charge in [-0.3, -0.25) is 9.59 Å². The molecule has 0 heterocycles. The van der Waals surface area contributed by atoms with E-state index in [1.807, 2.05) is 0 Å². The predicted octanol–water partition coefficient (Wildman–Crippen LogP) is 6.36. The summed E-state index contributed by atoms with van der Waals surface area (Å²) in [5, 5.41) is 0. The van der Waals surface area contributed by atoms with Crippen molar-refractivity contribution in [3.63, 3.8) is 0 Å². The zero-order chi connectivity index (χ0) is 28.5. The number of esters is 2. The zero-order valence-electron chi connectivity index (χ0n) is 30.3. The molecule has 0 N–H and O–H groups in total. The van der Waals surface area contributed by atoms with E-state index in [-0.39, 0.29) is 52.5 Å². The fourth-order valence-electron chi connectivity index (χ4n) is 4.91. The molecule has 232 valence electrons. The van der Waals surface area contributed by atoms with Gasteiger partial charge in [-0.25, -0.2) is 0 Å². The molecular formula is C36H68Li2O3. The standard InChI is InChI=1S/C36H66O3.2Li.2H/c1-3-5-7-9-11-13-15-17-19-21-23-25-27-29-31-33-35(37)39-36(38)34-32-30-28-26-24-22-20-18-16-14-12-10-8-6-4-2;;;;/h17-20H,3-16,21-34H2,1-2H3;;;;/q;2*+1;2*-1/b19-17-,20-18-;;;;. The molecule has 0 aliphatic heterocycles. The van der Waals surface area contributed by atoms with Gasteiger partial charge in [0, 0.05) is 12.8 Å². The average Bonchev–Trinajstić information content (AvgIpc) is 2.93. The van der Waals surface area contributed by atoms with Crippen LogP contribution in [0.5, 0.6) is 0 Å². The van der Waals surface area contributed by atoms with Gasteiger partial charge in [0.15, 0.2) is 0 Å². The first-order chi connectivity index (χ1) is 19.2. The van der Waals surface area contributed by atoms with Crippen molar-refractivity contribution < 1.29 is 54.9 Å². The van der Waals surface area contributed by atoms with Gasteiger partial charge >= 0.3 is 49.7 Å². The SMILES string of the molecule is CCCCCCCC/C=C\CCCCCCCC(=O)OC(=O)CCCCCCC/C=C\CCCCCCCC.[H-].[H-].[Li+].[Li+]. The number of carbonyl (C=O) groups is 2. The van der Waals surface area contributed by atoms with Crippen molar-refractivity contribution in [3.8, 4) is 0 Å². The van der Waals surface area contributed by atoms with E-state index in [9.17, 15) is 9.59 Å². The second kappa shape index (κ2) is 39.8. The van der Waals surface area contributed by atoms with Crippen molar-refractivity contribution in [3.05, 3.63) is 24.3 Å². The first-order valence-electron chi connectivity index (χ1n) is 17.2. The Morgan fingerprint density at radius 2 is 0.659 bits per heavy atom. The molecule has 0 saturated heterocycles. The van der Waals surface area contributed by atoms with Crippen LogP contribution in [0.2, 0.25) is 0 Å². The Morgan fingerprint density at radius 3 is 0.951 bits per heavy atom. The van der Waals surface area contributed by atoms with Crippen molar-refractivity contribution in [2.24, 2.45) is 0 Å². The van der Waals surface area contributed by atoms with Crippen LogP contribution in [0, 0.1) is 0 Å². The van der Waals surface area contributed by atoms with E-state index in [2.05, 4.69) is 38.2 Å². The fraction of sp³-hybridized carbons (Fsp3) is 0.833. The van der Waals surface area contributed by atoms with Crippen molar-refractivity contribution in [2.45, 2.75) is 194 Å². The van der Waals surface area contributed by atoms with Crippen LogP contribution in [-0.2, 0) is 14.3 Å². The van der Waals surface area contributed by atoms with Gasteiger partial charge < -0.3 is 7.59 Å². The minimum atomic E-state index is -0.342. The monoisotopic (exact) mass is 563 g/mol. The van der Waals surface area contributed by atoms with E-state index in [1.165, 1.54) is 128 Å². The van der Waals surface area contributed by atoms with Gasteiger partial charge in [-0.2, -0.15) is 0 Å². The maximum Gasteiger partial charge on any atom is 1.00 e. The number of carbonyl (C=O) groups excluding carboxylic acids is 2. The second-order valence-electron chi connectivity index (χ2n) is 11.5. The summed E-state index contributed by atoms with van der Waals surface area (Å²) in [6.07, 6.45) is 42.2. The molecule has 41 heavy (non-hydrogen) atoms. The van der Waals surface area contributed by atoms with Crippen LogP contribution < -0.4 is 37.7 Å². The molecule has 0 aromatic rings. The van der Waals surface area contributed by atoms with Gasteiger partial charge in [-0.05, 0) is 64.2 Å². The summed E-state index contributed by atoms with van der Waals surface area (Å²) in [6, 6.07) is 0. The zero-order valence-corrected chi connectivity index (χ0v) is 28.3. The summed E-state index contributed by atoms with van der Waals surface area (Å²) >= 11 is 0. The summed E-state index contributed by atoms with van der Waals surface area (Å²) in [4.78, 5) is 23.8. The molecule has 3 nitrogen and oxygen atoms in total. The Balaban J connectivity index is -0.00000120. The third-order valence-corrected chi connectivity index (χ3v) is 7.51. The van der Waals surface area contributed by atoms with Crippen molar-refractivity contribution in [2.75, 3.05) is 0 Å². The molecule has 0 spiro atoms. The second-order valence-corrected chi connectivity index (χ2v) is 11.5. The van der Waals surface area contributed by atoms with Crippen molar-refractivity contribution >= 4 is 11.9 Å². The van der Waals surface area contributed by atoms with Crippen LogP contribution >= 0.6 is 0 Å². The largest absolute Gasteiger partial charge is 1.00 e. The van der Waals surface area contributed by atoms with Gasteiger partial charge in [0.1, 0.15) is 0 Å². The third-order valence-electron chi connectivity index (χ3n) is 7.51. The van der Waals surface area contributed by atoms with Gasteiger partial charge in [-0.15, -0.1) is 0 Å². The average molecular weight is 563 g/mol. The van der Waals surface area contributed by atoms with E-state index < -0.39 is 0 Å². The van der Waals surface area contributed by atoms with E-state index in [1.54, 1.807) is 0 Å². The number of unbranched alkanes of at least 4 members (excludes halogenated alkanes) is 22. The molecule has 0 aromatic heterocycles. The van der Waals surface area contributed by atoms with Gasteiger partial charge in [-0.1, -0.05) is 141 Å². The summed E-state index contributed by atoms with van der Waals surface area (Å²) in [5.74, 6) is -0.684. The quantitative estimate of drug-likeness (QED) is 0.0336. The molecule has 0 radical (unpaired) electrons. The minimum Gasteiger partial charge on any atom is -1.00 e. The molecule has 0 aliphatic carbocycles. The number of hydrogen-bond acceptors (Lipinski definition) is 3. The van der Waals surface area contributed by atoms with E-state index in [0.29, 0.717) is 12.8 Å². The molecule has 0 unspecified atom stereocenters. The number of ether oxygens (including phenoxy) is 1. The maximum absolute atomic E-state index is 11.9. The molecule has 0 rings (SSSR count). The number of rotatable bonds is 30. The maximum atomic E-state index is 11.9. The van der Waals surface area contributed by atoms with Crippen LogP contribution in [0.4, 0.5) is 0 Å². The van der Waals surface area contributed by atoms with Crippen LogP contribution in [0.1, 0.15) is 196 Å². The van der Waals surface area contributed by atoms with Gasteiger partial charge in [0.05, 0.1) is 0 Å². The molecule has 0 fully saturated rings. The fourth-order valence-corrected chi connectivity index (χ4v) is 4.91. The molecule has 0 bridgehead atoms. The molecule has 0 aliphatic rings. The molecule has 0 aromatic carbocycles. The Morgan fingerprint density at radius 1 is 0.415 bits per heavy atom. The number of allylic oxidation sites excluding steroid dienone is 4. The van der Waals surface area contributed by atoms with E-state index >= 15 is 0 Å². The van der Waals surface area contributed by atoms with Gasteiger partial charge in [0.2, 0.25) is 0 Å². The Hall–Kier alpha value is -0.185. The topological polar surface area (TPSA) is 43.4 Å². The van der Waals surface area contributed by atoms with Crippen molar-refractivity contribution in [1.29, 1.82) is 0 Å². The predicted molar refractivity (Wildman–Crippen MR) is 172 cm³/mol. The summed E-state index contributed by atoms with van der Waals surface area (Å²) in [7, 11) is 0. The van der Waals surface area contributed by atoms with Crippen molar-refractivity contribution in [1.82, 2.24) is 0 Å². The molecule has 5 heteroatoms. The summed E-state index contributed by atoms with van der Waals surface area (Å²) in [6.45, 7) is 4.53. The van der Waals surface area contributed by atoms with Gasteiger partial charge in [0.25, 0.3) is 0 Å². The summed E-state index contributed by atoms with van der Waals surface area (Å²) in [5.41, 5.74) is 0. The normalized spacial score (nSPS) is 11.1. The Bertz CT molecular complexity index is 551.